The minimum atomic E-state index is -0.399. The highest BCUT2D eigenvalue weighted by Crippen LogP contribution is 2.29. The first kappa shape index (κ1) is 14.1. The molecule has 0 aliphatic rings. The third kappa shape index (κ3) is 2.96. The number of aromatic nitrogens is 1. The number of hydrogen-bond donors (Lipinski definition) is 2. The Morgan fingerprint density at radius 3 is 2.45 bits per heavy atom. The number of aromatic amines is 1. The van der Waals surface area contributed by atoms with Crippen molar-refractivity contribution in [2.75, 3.05) is 5.32 Å². The van der Waals surface area contributed by atoms with E-state index in [0.29, 0.717) is 0 Å². The van der Waals surface area contributed by atoms with E-state index < -0.39 is 11.5 Å². The van der Waals surface area contributed by atoms with Crippen LogP contribution in [0.1, 0.15) is 36.7 Å². The summed E-state index contributed by atoms with van der Waals surface area (Å²) in [6.07, 6.45) is 1.50. The van der Waals surface area contributed by atoms with Gasteiger partial charge < -0.3 is 10.3 Å². The van der Waals surface area contributed by atoms with Crippen LogP contribution in [-0.2, 0) is 5.41 Å². The lowest BCUT2D eigenvalue weighted by atomic mass is 9.86. The summed E-state index contributed by atoms with van der Waals surface area (Å²) in [5, 5.41) is 2.82. The van der Waals surface area contributed by atoms with Crippen molar-refractivity contribution in [1.29, 1.82) is 0 Å². The molecule has 2 aromatic rings. The van der Waals surface area contributed by atoms with Crippen molar-refractivity contribution in [3.63, 3.8) is 0 Å². The number of carbonyl (C=O) groups is 1. The van der Waals surface area contributed by atoms with Gasteiger partial charge >= 0.3 is 0 Å². The van der Waals surface area contributed by atoms with E-state index in [4.69, 9.17) is 0 Å². The smallest absolute Gasteiger partial charge is 0.261 e. The summed E-state index contributed by atoms with van der Waals surface area (Å²) in [4.78, 5) is 26.3. The Labute approximate surface area is 117 Å². The molecule has 4 heteroatoms. The zero-order chi connectivity index (χ0) is 14.8. The van der Waals surface area contributed by atoms with E-state index >= 15 is 0 Å². The number of para-hydroxylation sites is 1. The molecule has 4 nitrogen and oxygen atoms in total. The average Bonchev–Trinajstić information content (AvgIpc) is 2.38. The van der Waals surface area contributed by atoms with Crippen LogP contribution in [0, 0.1) is 0 Å². The van der Waals surface area contributed by atoms with Crippen molar-refractivity contribution in [2.24, 2.45) is 0 Å². The van der Waals surface area contributed by atoms with Crippen LogP contribution in [0.25, 0.3) is 0 Å². The lowest BCUT2D eigenvalue weighted by Gasteiger charge is -2.22. The quantitative estimate of drug-likeness (QED) is 0.881. The summed E-state index contributed by atoms with van der Waals surface area (Å²) in [6.45, 7) is 6.23. The summed E-state index contributed by atoms with van der Waals surface area (Å²) < 4.78 is 0. The van der Waals surface area contributed by atoms with E-state index in [1.165, 1.54) is 12.3 Å². The van der Waals surface area contributed by atoms with Crippen LogP contribution in [0.4, 0.5) is 5.69 Å². The summed E-state index contributed by atoms with van der Waals surface area (Å²) in [5.41, 5.74) is 1.39. The maximum absolute atomic E-state index is 12.2. The van der Waals surface area contributed by atoms with Crippen molar-refractivity contribution in [3.05, 3.63) is 64.1 Å². The van der Waals surface area contributed by atoms with Crippen LogP contribution in [-0.4, -0.2) is 10.9 Å². The number of pyridine rings is 1. The Morgan fingerprint density at radius 1 is 1.10 bits per heavy atom. The first-order valence-electron chi connectivity index (χ1n) is 6.48. The molecule has 1 aromatic carbocycles. The standard InChI is InChI=1S/C16H18N2O2/c1-16(2,3)12-8-4-5-9-13(12)18-15(20)11-7-6-10-17-14(11)19/h4-10H,1-3H3,(H,17,19)(H,18,20). The number of nitrogens with one attached hydrogen (secondary N) is 2. The summed E-state index contributed by atoms with van der Waals surface area (Å²) >= 11 is 0. The third-order valence-corrected chi connectivity index (χ3v) is 3.05. The average molecular weight is 270 g/mol. The minimum absolute atomic E-state index is 0.0903. The van der Waals surface area contributed by atoms with Crippen LogP contribution >= 0.6 is 0 Å². The molecule has 20 heavy (non-hydrogen) atoms. The van der Waals surface area contributed by atoms with Gasteiger partial charge in [0.2, 0.25) is 0 Å². The molecule has 0 atom stereocenters. The van der Waals surface area contributed by atoms with Crippen molar-refractivity contribution in [1.82, 2.24) is 4.98 Å². The molecule has 0 unspecified atom stereocenters. The second-order valence-electron chi connectivity index (χ2n) is 5.66. The van der Waals surface area contributed by atoms with E-state index in [-0.39, 0.29) is 11.0 Å². The summed E-state index contributed by atoms with van der Waals surface area (Å²) in [6, 6.07) is 10.8. The molecule has 2 N–H and O–H groups in total. The molecule has 0 spiro atoms. The second-order valence-corrected chi connectivity index (χ2v) is 5.66. The van der Waals surface area contributed by atoms with Gasteiger partial charge in [-0.15, -0.1) is 0 Å². The highest BCUT2D eigenvalue weighted by Gasteiger charge is 2.19. The van der Waals surface area contributed by atoms with E-state index in [0.717, 1.165) is 11.3 Å². The fourth-order valence-corrected chi connectivity index (χ4v) is 2.04. The molecule has 0 aliphatic carbocycles. The summed E-state index contributed by atoms with van der Waals surface area (Å²) in [5.74, 6) is -0.399. The molecular weight excluding hydrogens is 252 g/mol. The van der Waals surface area contributed by atoms with Crippen LogP contribution in [0.3, 0.4) is 0 Å². The van der Waals surface area contributed by atoms with Crippen molar-refractivity contribution >= 4 is 11.6 Å². The Morgan fingerprint density at radius 2 is 1.80 bits per heavy atom. The number of benzene rings is 1. The van der Waals surface area contributed by atoms with E-state index in [1.54, 1.807) is 6.07 Å². The number of amides is 1. The van der Waals surface area contributed by atoms with E-state index in [2.05, 4.69) is 31.1 Å². The van der Waals surface area contributed by atoms with Gasteiger partial charge in [-0.1, -0.05) is 39.0 Å². The second kappa shape index (κ2) is 5.33. The molecule has 0 bridgehead atoms. The highest BCUT2D eigenvalue weighted by atomic mass is 16.2. The SMILES string of the molecule is CC(C)(C)c1ccccc1NC(=O)c1ccc[nH]c1=O. The molecule has 1 heterocycles. The molecule has 0 radical (unpaired) electrons. The predicted octanol–water partition coefficient (Wildman–Crippen LogP) is 2.92. The van der Waals surface area contributed by atoms with Crippen molar-refractivity contribution < 1.29 is 4.79 Å². The Bertz CT molecular complexity index is 681. The predicted molar refractivity (Wildman–Crippen MR) is 80.2 cm³/mol. The zero-order valence-corrected chi connectivity index (χ0v) is 11.9. The van der Waals surface area contributed by atoms with Gasteiger partial charge in [0.15, 0.2) is 0 Å². The van der Waals surface area contributed by atoms with Crippen molar-refractivity contribution in [2.45, 2.75) is 26.2 Å². The van der Waals surface area contributed by atoms with Crippen molar-refractivity contribution in [3.8, 4) is 0 Å². The van der Waals surface area contributed by atoms with Crippen LogP contribution < -0.4 is 10.9 Å². The number of carbonyl (C=O) groups excluding carboxylic acids is 1. The fourth-order valence-electron chi connectivity index (χ4n) is 2.04. The van der Waals surface area contributed by atoms with Gasteiger partial charge in [-0.25, -0.2) is 0 Å². The van der Waals surface area contributed by atoms with Gasteiger partial charge in [-0.3, -0.25) is 9.59 Å². The molecule has 1 aromatic heterocycles. The molecule has 104 valence electrons. The topological polar surface area (TPSA) is 62.0 Å². The molecule has 0 aliphatic heterocycles. The molecule has 1 amide bonds. The van der Waals surface area contributed by atoms with Gasteiger partial charge in [-0.2, -0.15) is 0 Å². The molecule has 0 saturated carbocycles. The number of anilines is 1. The largest absolute Gasteiger partial charge is 0.328 e. The minimum Gasteiger partial charge on any atom is -0.328 e. The lowest BCUT2D eigenvalue weighted by molar-refractivity contribution is 0.102. The maximum Gasteiger partial charge on any atom is 0.261 e. The highest BCUT2D eigenvalue weighted by molar-refractivity contribution is 6.04. The van der Waals surface area contributed by atoms with E-state index in [1.807, 2.05) is 24.3 Å². The van der Waals surface area contributed by atoms with Gasteiger partial charge in [0.05, 0.1) is 0 Å². The monoisotopic (exact) mass is 270 g/mol. The van der Waals surface area contributed by atoms with Crippen LogP contribution in [0.2, 0.25) is 0 Å². The number of H-pyrrole nitrogens is 1. The maximum atomic E-state index is 12.2. The van der Waals surface area contributed by atoms with Gasteiger partial charge in [-0.05, 0) is 29.2 Å². The van der Waals surface area contributed by atoms with Gasteiger partial charge in [0.25, 0.3) is 11.5 Å². The molecule has 2 rings (SSSR count). The number of hydrogen-bond acceptors (Lipinski definition) is 2. The van der Waals surface area contributed by atoms with Crippen LogP contribution in [0.5, 0.6) is 0 Å². The molecular formula is C16H18N2O2. The number of rotatable bonds is 2. The Kier molecular flexibility index (Phi) is 3.74. The summed E-state index contributed by atoms with van der Waals surface area (Å²) in [7, 11) is 0. The lowest BCUT2D eigenvalue weighted by Crippen LogP contribution is -2.24. The zero-order valence-electron chi connectivity index (χ0n) is 11.9. The molecule has 0 fully saturated rings. The van der Waals surface area contributed by atoms with Gasteiger partial charge in [0, 0.05) is 11.9 Å². The van der Waals surface area contributed by atoms with Gasteiger partial charge in [0.1, 0.15) is 5.56 Å². The third-order valence-electron chi connectivity index (χ3n) is 3.05. The normalized spacial score (nSPS) is 11.2. The fraction of sp³-hybridized carbons (Fsp3) is 0.250. The first-order valence-corrected chi connectivity index (χ1v) is 6.48. The Hall–Kier alpha value is -2.36. The molecule has 0 saturated heterocycles. The van der Waals surface area contributed by atoms with E-state index in [9.17, 15) is 9.59 Å². The first-order chi connectivity index (χ1) is 9.39. The Balaban J connectivity index is 2.34. The van der Waals surface area contributed by atoms with Crippen LogP contribution in [0.15, 0.2) is 47.4 Å².